The molecule has 0 saturated carbocycles. The predicted octanol–water partition coefficient (Wildman–Crippen LogP) is 3.64. The fourth-order valence-electron chi connectivity index (χ4n) is 4.29. The Bertz CT molecular complexity index is 1410. The number of H-pyrrole nitrogens is 1. The molecular weight excluding hydrogens is 462 g/mol. The van der Waals surface area contributed by atoms with Gasteiger partial charge in [0.2, 0.25) is 10.0 Å². The zero-order valence-electron chi connectivity index (χ0n) is 19.2. The molecule has 0 spiro atoms. The second-order valence-electron chi connectivity index (χ2n) is 8.60. The Labute approximate surface area is 204 Å². The largest absolute Gasteiger partial charge is 0.356 e. The van der Waals surface area contributed by atoms with Gasteiger partial charge in [-0.15, -0.1) is 0 Å². The molecule has 1 aliphatic heterocycles. The summed E-state index contributed by atoms with van der Waals surface area (Å²) in [6.45, 7) is 1.91. The number of carbonyl (C=O) groups is 1. The fourth-order valence-corrected chi connectivity index (χ4v) is 5.80. The lowest BCUT2D eigenvalue weighted by atomic mass is 10.1. The molecule has 0 radical (unpaired) electrons. The minimum Gasteiger partial charge on any atom is -0.356 e. The number of amides is 1. The standard InChI is InChI=1S/C26H27N5O3S/c32-26(24-15-23(17-27-24)35(33,34)31-13-7-8-14-31)28-16-22-19-30(18-20-9-3-1-4-10-20)29-25(22)21-11-5-2-6-12-21/h1-6,9-12,15,17,19,27H,7-8,13-14,16,18H2,(H,28,32). The maximum Gasteiger partial charge on any atom is 0.268 e. The van der Waals surface area contributed by atoms with Crippen molar-refractivity contribution in [2.75, 3.05) is 13.1 Å². The minimum absolute atomic E-state index is 0.116. The zero-order valence-corrected chi connectivity index (χ0v) is 20.0. The zero-order chi connectivity index (χ0) is 24.3. The van der Waals surface area contributed by atoms with Crippen LogP contribution in [0.25, 0.3) is 11.3 Å². The van der Waals surface area contributed by atoms with Crippen molar-refractivity contribution in [2.45, 2.75) is 30.8 Å². The molecule has 1 aliphatic rings. The van der Waals surface area contributed by atoms with Crippen LogP contribution >= 0.6 is 0 Å². The summed E-state index contributed by atoms with van der Waals surface area (Å²) < 4.78 is 28.9. The number of sulfonamides is 1. The third kappa shape index (κ3) is 5.06. The molecule has 0 atom stereocenters. The molecule has 5 rings (SSSR count). The molecule has 35 heavy (non-hydrogen) atoms. The van der Waals surface area contributed by atoms with Crippen LogP contribution in [0.1, 0.15) is 34.5 Å². The summed E-state index contributed by atoms with van der Waals surface area (Å²) in [6.07, 6.45) is 5.04. The quantitative estimate of drug-likeness (QED) is 0.395. The first kappa shape index (κ1) is 23.1. The molecule has 0 unspecified atom stereocenters. The smallest absolute Gasteiger partial charge is 0.268 e. The van der Waals surface area contributed by atoms with Crippen LogP contribution in [0.3, 0.4) is 0 Å². The van der Waals surface area contributed by atoms with E-state index >= 15 is 0 Å². The molecular formula is C26H27N5O3S. The number of hydrogen-bond donors (Lipinski definition) is 2. The average Bonchev–Trinajstić information content (AvgIpc) is 3.65. The summed E-state index contributed by atoms with van der Waals surface area (Å²) in [7, 11) is -3.58. The van der Waals surface area contributed by atoms with E-state index in [1.807, 2.05) is 71.5 Å². The third-order valence-corrected chi connectivity index (χ3v) is 7.99. The van der Waals surface area contributed by atoms with Gasteiger partial charge in [0.15, 0.2) is 0 Å². The molecule has 9 heteroatoms. The van der Waals surface area contributed by atoms with Gasteiger partial charge < -0.3 is 10.3 Å². The molecule has 2 N–H and O–H groups in total. The maximum absolute atomic E-state index is 12.8. The number of rotatable bonds is 8. The number of hydrogen-bond acceptors (Lipinski definition) is 4. The lowest BCUT2D eigenvalue weighted by Crippen LogP contribution is -2.27. The molecule has 8 nitrogen and oxygen atoms in total. The van der Waals surface area contributed by atoms with Crippen LogP contribution < -0.4 is 5.32 Å². The van der Waals surface area contributed by atoms with Crippen molar-refractivity contribution >= 4 is 15.9 Å². The molecule has 1 saturated heterocycles. The van der Waals surface area contributed by atoms with Gasteiger partial charge in [-0.1, -0.05) is 60.7 Å². The van der Waals surface area contributed by atoms with Gasteiger partial charge in [-0.2, -0.15) is 9.40 Å². The molecule has 4 aromatic rings. The number of carbonyl (C=O) groups excluding carboxylic acids is 1. The van der Waals surface area contributed by atoms with E-state index in [4.69, 9.17) is 5.10 Å². The summed E-state index contributed by atoms with van der Waals surface area (Å²) in [5.74, 6) is -0.373. The van der Waals surface area contributed by atoms with E-state index in [0.717, 1.165) is 35.2 Å². The summed E-state index contributed by atoms with van der Waals surface area (Å²) in [5, 5.41) is 7.68. The van der Waals surface area contributed by atoms with Gasteiger partial charge >= 0.3 is 0 Å². The maximum atomic E-state index is 12.8. The van der Waals surface area contributed by atoms with E-state index in [2.05, 4.69) is 10.3 Å². The molecule has 1 amide bonds. The molecule has 1 fully saturated rings. The Morgan fingerprint density at radius 3 is 2.40 bits per heavy atom. The third-order valence-electron chi connectivity index (χ3n) is 6.12. The van der Waals surface area contributed by atoms with Crippen molar-refractivity contribution in [2.24, 2.45) is 0 Å². The predicted molar refractivity (Wildman–Crippen MR) is 133 cm³/mol. The highest BCUT2D eigenvalue weighted by Gasteiger charge is 2.28. The van der Waals surface area contributed by atoms with Crippen molar-refractivity contribution in [3.05, 3.63) is 95.9 Å². The van der Waals surface area contributed by atoms with Crippen molar-refractivity contribution in [3.63, 3.8) is 0 Å². The van der Waals surface area contributed by atoms with E-state index in [-0.39, 0.29) is 23.0 Å². The van der Waals surface area contributed by atoms with Crippen LogP contribution in [0, 0.1) is 0 Å². The van der Waals surface area contributed by atoms with Crippen molar-refractivity contribution in [3.8, 4) is 11.3 Å². The lowest BCUT2D eigenvalue weighted by Gasteiger charge is -2.13. The molecule has 0 aliphatic carbocycles. The Kier molecular flexibility index (Phi) is 6.52. The van der Waals surface area contributed by atoms with Crippen LogP contribution in [0.4, 0.5) is 0 Å². The first-order valence-corrected chi connectivity index (χ1v) is 13.1. The number of aromatic nitrogens is 3. The van der Waals surface area contributed by atoms with Crippen LogP contribution in [-0.2, 0) is 23.1 Å². The molecule has 3 heterocycles. The second-order valence-corrected chi connectivity index (χ2v) is 10.5. The van der Waals surface area contributed by atoms with Crippen LogP contribution in [0.15, 0.2) is 84.0 Å². The average molecular weight is 490 g/mol. The van der Waals surface area contributed by atoms with Gasteiger partial charge in [0, 0.05) is 43.2 Å². The Balaban J connectivity index is 1.33. The van der Waals surface area contributed by atoms with E-state index < -0.39 is 10.0 Å². The second kappa shape index (κ2) is 9.89. The molecule has 2 aromatic heterocycles. The summed E-state index contributed by atoms with van der Waals surface area (Å²) in [6, 6.07) is 21.3. The molecule has 0 bridgehead atoms. The number of benzene rings is 2. The number of nitrogens with zero attached hydrogens (tertiary/aromatic N) is 3. The Morgan fingerprint density at radius 2 is 1.69 bits per heavy atom. The summed E-state index contributed by atoms with van der Waals surface area (Å²) in [5.41, 5.74) is 3.97. The summed E-state index contributed by atoms with van der Waals surface area (Å²) >= 11 is 0. The van der Waals surface area contributed by atoms with Gasteiger partial charge in [-0.3, -0.25) is 9.48 Å². The van der Waals surface area contributed by atoms with E-state index in [9.17, 15) is 13.2 Å². The Morgan fingerprint density at radius 1 is 1.00 bits per heavy atom. The van der Waals surface area contributed by atoms with Gasteiger partial charge in [0.05, 0.1) is 12.2 Å². The SMILES string of the molecule is O=C(NCc1cn(Cc2ccccc2)nc1-c1ccccc1)c1cc(S(=O)(=O)N2CCCC2)c[nH]1. The highest BCUT2D eigenvalue weighted by molar-refractivity contribution is 7.89. The Hall–Kier alpha value is -3.69. The lowest BCUT2D eigenvalue weighted by molar-refractivity contribution is 0.0946. The normalized spacial score (nSPS) is 14.3. The van der Waals surface area contributed by atoms with Crippen molar-refractivity contribution in [1.82, 2.24) is 24.4 Å². The van der Waals surface area contributed by atoms with E-state index in [1.54, 1.807) is 0 Å². The van der Waals surface area contributed by atoms with E-state index in [1.165, 1.54) is 16.6 Å². The minimum atomic E-state index is -3.58. The van der Waals surface area contributed by atoms with Gasteiger partial charge in [0.1, 0.15) is 10.6 Å². The highest BCUT2D eigenvalue weighted by atomic mass is 32.2. The first-order chi connectivity index (χ1) is 17.0. The van der Waals surface area contributed by atoms with Gasteiger partial charge in [-0.05, 0) is 24.5 Å². The fraction of sp³-hybridized carbons (Fsp3) is 0.231. The van der Waals surface area contributed by atoms with Gasteiger partial charge in [-0.25, -0.2) is 8.42 Å². The topological polar surface area (TPSA) is 100 Å². The first-order valence-electron chi connectivity index (χ1n) is 11.6. The monoisotopic (exact) mass is 489 g/mol. The van der Waals surface area contributed by atoms with E-state index in [0.29, 0.717) is 19.6 Å². The van der Waals surface area contributed by atoms with Crippen molar-refractivity contribution < 1.29 is 13.2 Å². The van der Waals surface area contributed by atoms with Crippen molar-refractivity contribution in [1.29, 1.82) is 0 Å². The van der Waals surface area contributed by atoms with Crippen LogP contribution in [0.5, 0.6) is 0 Å². The molecule has 180 valence electrons. The van der Waals surface area contributed by atoms with Gasteiger partial charge in [0.25, 0.3) is 5.91 Å². The number of aromatic amines is 1. The van der Waals surface area contributed by atoms with Crippen LogP contribution in [-0.4, -0.2) is 46.5 Å². The molecule has 2 aromatic carbocycles. The van der Waals surface area contributed by atoms with Crippen LogP contribution in [0.2, 0.25) is 0 Å². The highest BCUT2D eigenvalue weighted by Crippen LogP contribution is 2.23. The number of nitrogens with one attached hydrogen (secondary N) is 2. The summed E-state index contributed by atoms with van der Waals surface area (Å²) in [4.78, 5) is 15.8.